The third-order valence-electron chi connectivity index (χ3n) is 3.03. The van der Waals surface area contributed by atoms with Crippen LogP contribution < -0.4 is 0 Å². The number of nitrogens with zero attached hydrogens (tertiary/aromatic N) is 3. The summed E-state index contributed by atoms with van der Waals surface area (Å²) in [5.41, 5.74) is 1.93. The Kier molecular flexibility index (Phi) is 3.94. The van der Waals surface area contributed by atoms with Crippen molar-refractivity contribution in [2.45, 2.75) is 19.8 Å². The molecule has 1 heterocycles. The fourth-order valence-corrected chi connectivity index (χ4v) is 2.07. The van der Waals surface area contributed by atoms with Gasteiger partial charge in [0.2, 0.25) is 0 Å². The normalized spacial score (nSPS) is 12.2. The van der Waals surface area contributed by atoms with Gasteiger partial charge in [0.15, 0.2) is 0 Å². The Labute approximate surface area is 112 Å². The standard InChI is InChI=1S/C14H17N3O2/c1-4-19-14(18)12(13-15-9-16-17(13)3)11-8-6-5-7-10(11)2/h5-9,12H,4H2,1-3H3. The Bertz CT molecular complexity index is 578. The van der Waals surface area contributed by atoms with Crippen molar-refractivity contribution in [1.29, 1.82) is 0 Å². The molecule has 5 nitrogen and oxygen atoms in total. The van der Waals surface area contributed by atoms with Gasteiger partial charge in [-0.1, -0.05) is 24.3 Å². The Hall–Kier alpha value is -2.17. The van der Waals surface area contributed by atoms with E-state index in [1.165, 1.54) is 6.33 Å². The van der Waals surface area contributed by atoms with Crippen LogP contribution in [0.25, 0.3) is 0 Å². The quantitative estimate of drug-likeness (QED) is 0.786. The summed E-state index contributed by atoms with van der Waals surface area (Å²) in [5.74, 6) is -0.241. The van der Waals surface area contributed by atoms with Gasteiger partial charge >= 0.3 is 5.97 Å². The second-order valence-corrected chi connectivity index (χ2v) is 4.28. The van der Waals surface area contributed by atoms with E-state index < -0.39 is 5.92 Å². The summed E-state index contributed by atoms with van der Waals surface area (Å²) in [7, 11) is 1.77. The van der Waals surface area contributed by atoms with E-state index >= 15 is 0 Å². The van der Waals surface area contributed by atoms with E-state index in [2.05, 4.69) is 10.1 Å². The van der Waals surface area contributed by atoms with Gasteiger partial charge in [-0.15, -0.1) is 0 Å². The number of hydrogen-bond donors (Lipinski definition) is 0. The van der Waals surface area contributed by atoms with Gasteiger partial charge < -0.3 is 4.74 Å². The van der Waals surface area contributed by atoms with Crippen molar-refractivity contribution in [2.24, 2.45) is 7.05 Å². The van der Waals surface area contributed by atoms with Gasteiger partial charge in [0.25, 0.3) is 0 Å². The molecule has 19 heavy (non-hydrogen) atoms. The molecule has 2 aromatic rings. The van der Waals surface area contributed by atoms with E-state index in [0.29, 0.717) is 12.4 Å². The first kappa shape index (κ1) is 13.3. The third kappa shape index (κ3) is 2.65. The molecule has 0 amide bonds. The van der Waals surface area contributed by atoms with Crippen molar-refractivity contribution in [3.8, 4) is 0 Å². The first-order valence-electron chi connectivity index (χ1n) is 6.21. The lowest BCUT2D eigenvalue weighted by Crippen LogP contribution is -2.21. The molecular formula is C14H17N3O2. The minimum Gasteiger partial charge on any atom is -0.465 e. The summed E-state index contributed by atoms with van der Waals surface area (Å²) in [6.45, 7) is 4.11. The zero-order chi connectivity index (χ0) is 13.8. The number of rotatable bonds is 4. The third-order valence-corrected chi connectivity index (χ3v) is 3.03. The molecular weight excluding hydrogens is 242 g/mol. The van der Waals surface area contributed by atoms with Crippen LogP contribution >= 0.6 is 0 Å². The molecule has 0 bridgehead atoms. The van der Waals surface area contributed by atoms with E-state index in [1.54, 1.807) is 18.7 Å². The second kappa shape index (κ2) is 5.65. The van der Waals surface area contributed by atoms with Gasteiger partial charge in [0, 0.05) is 7.05 Å². The van der Waals surface area contributed by atoms with Crippen LogP contribution in [0.5, 0.6) is 0 Å². The number of carbonyl (C=O) groups excluding carboxylic acids is 1. The van der Waals surface area contributed by atoms with Gasteiger partial charge in [-0.05, 0) is 25.0 Å². The fraction of sp³-hybridized carbons (Fsp3) is 0.357. The van der Waals surface area contributed by atoms with Crippen molar-refractivity contribution in [1.82, 2.24) is 14.8 Å². The van der Waals surface area contributed by atoms with Crippen LogP contribution in [-0.2, 0) is 16.6 Å². The number of aryl methyl sites for hydroxylation is 2. The Morgan fingerprint density at radius 1 is 1.42 bits per heavy atom. The molecule has 0 radical (unpaired) electrons. The summed E-state index contributed by atoms with van der Waals surface area (Å²) in [6.07, 6.45) is 1.44. The predicted octanol–water partition coefficient (Wildman–Crippen LogP) is 1.82. The van der Waals surface area contributed by atoms with E-state index in [1.807, 2.05) is 31.2 Å². The summed E-state index contributed by atoms with van der Waals surface area (Å²) in [6, 6.07) is 7.74. The number of carbonyl (C=O) groups is 1. The molecule has 0 spiro atoms. The van der Waals surface area contributed by atoms with Gasteiger partial charge in [-0.3, -0.25) is 9.48 Å². The lowest BCUT2D eigenvalue weighted by atomic mass is 9.94. The van der Waals surface area contributed by atoms with Gasteiger partial charge in [-0.2, -0.15) is 5.10 Å². The monoisotopic (exact) mass is 259 g/mol. The SMILES string of the molecule is CCOC(=O)C(c1ccccc1C)c1ncnn1C. The Balaban J connectivity index is 2.50. The predicted molar refractivity (Wildman–Crippen MR) is 70.7 cm³/mol. The van der Waals surface area contributed by atoms with E-state index in [4.69, 9.17) is 4.74 Å². The molecule has 0 N–H and O–H groups in total. The van der Waals surface area contributed by atoms with Crippen LogP contribution in [0.15, 0.2) is 30.6 Å². The molecule has 1 aromatic heterocycles. The Morgan fingerprint density at radius 3 is 2.74 bits per heavy atom. The van der Waals surface area contributed by atoms with Gasteiger partial charge in [0.05, 0.1) is 6.61 Å². The maximum atomic E-state index is 12.2. The molecule has 0 saturated heterocycles. The first-order valence-corrected chi connectivity index (χ1v) is 6.21. The number of benzene rings is 1. The lowest BCUT2D eigenvalue weighted by molar-refractivity contribution is -0.144. The number of ether oxygens (including phenoxy) is 1. The van der Waals surface area contributed by atoms with Crippen molar-refractivity contribution < 1.29 is 9.53 Å². The molecule has 1 unspecified atom stereocenters. The Morgan fingerprint density at radius 2 is 2.16 bits per heavy atom. The molecule has 100 valence electrons. The van der Waals surface area contributed by atoms with Crippen molar-refractivity contribution >= 4 is 5.97 Å². The molecule has 0 fully saturated rings. The first-order chi connectivity index (χ1) is 9.15. The fourth-order valence-electron chi connectivity index (χ4n) is 2.07. The summed E-state index contributed by atoms with van der Waals surface area (Å²) in [4.78, 5) is 16.4. The highest BCUT2D eigenvalue weighted by Crippen LogP contribution is 2.26. The van der Waals surface area contributed by atoms with Crippen molar-refractivity contribution in [3.05, 3.63) is 47.5 Å². The number of aromatic nitrogens is 3. The molecule has 0 aliphatic rings. The van der Waals surface area contributed by atoms with Crippen LogP contribution in [0.4, 0.5) is 0 Å². The van der Waals surface area contributed by atoms with Crippen LogP contribution in [0.1, 0.15) is 29.8 Å². The average Bonchev–Trinajstić information content (AvgIpc) is 2.79. The summed E-state index contributed by atoms with van der Waals surface area (Å²) >= 11 is 0. The maximum Gasteiger partial charge on any atom is 0.321 e. The van der Waals surface area contributed by atoms with Gasteiger partial charge in [0.1, 0.15) is 18.1 Å². The van der Waals surface area contributed by atoms with Crippen molar-refractivity contribution in [2.75, 3.05) is 6.61 Å². The smallest absolute Gasteiger partial charge is 0.321 e. The van der Waals surface area contributed by atoms with Crippen LogP contribution in [0, 0.1) is 6.92 Å². The highest BCUT2D eigenvalue weighted by Gasteiger charge is 2.29. The second-order valence-electron chi connectivity index (χ2n) is 4.28. The van der Waals surface area contributed by atoms with E-state index in [0.717, 1.165) is 11.1 Å². The zero-order valence-corrected chi connectivity index (χ0v) is 11.3. The highest BCUT2D eigenvalue weighted by atomic mass is 16.5. The van der Waals surface area contributed by atoms with Crippen LogP contribution in [0.2, 0.25) is 0 Å². The van der Waals surface area contributed by atoms with Crippen LogP contribution in [-0.4, -0.2) is 27.3 Å². The summed E-state index contributed by atoms with van der Waals surface area (Å²) in [5, 5.41) is 4.03. The highest BCUT2D eigenvalue weighted by molar-refractivity contribution is 5.81. The molecule has 0 aliphatic carbocycles. The largest absolute Gasteiger partial charge is 0.465 e. The molecule has 0 aliphatic heterocycles. The van der Waals surface area contributed by atoms with Gasteiger partial charge in [-0.25, -0.2) is 4.98 Å². The molecule has 0 saturated carbocycles. The van der Waals surface area contributed by atoms with E-state index in [9.17, 15) is 4.79 Å². The minimum absolute atomic E-state index is 0.298. The summed E-state index contributed by atoms with van der Waals surface area (Å²) < 4.78 is 6.78. The lowest BCUT2D eigenvalue weighted by Gasteiger charge is -2.17. The topological polar surface area (TPSA) is 57.0 Å². The molecule has 5 heteroatoms. The average molecular weight is 259 g/mol. The molecule has 2 rings (SSSR count). The zero-order valence-electron chi connectivity index (χ0n) is 11.3. The molecule has 1 atom stereocenters. The van der Waals surface area contributed by atoms with E-state index in [-0.39, 0.29) is 5.97 Å². The number of esters is 1. The minimum atomic E-state index is -0.534. The number of hydrogen-bond acceptors (Lipinski definition) is 4. The maximum absolute atomic E-state index is 12.2. The van der Waals surface area contributed by atoms with Crippen molar-refractivity contribution in [3.63, 3.8) is 0 Å². The molecule has 1 aromatic carbocycles. The van der Waals surface area contributed by atoms with Crippen LogP contribution in [0.3, 0.4) is 0 Å².